The summed E-state index contributed by atoms with van der Waals surface area (Å²) in [6, 6.07) is 0. The van der Waals surface area contributed by atoms with Crippen molar-refractivity contribution >= 4 is 6.21 Å². The van der Waals surface area contributed by atoms with Crippen molar-refractivity contribution in [3.05, 3.63) is 0 Å². The summed E-state index contributed by atoms with van der Waals surface area (Å²) in [7, 11) is 0. The van der Waals surface area contributed by atoms with Gasteiger partial charge in [0.05, 0.1) is 6.17 Å². The second-order valence-corrected chi connectivity index (χ2v) is 0.744. The third-order valence-corrected chi connectivity index (χ3v) is 0.192. The Kier molecular flexibility index (Phi) is 1.72. The summed E-state index contributed by atoms with van der Waals surface area (Å²) in [6.07, 6.45) is 0.398. The van der Waals surface area contributed by atoms with Crippen molar-refractivity contribution in [1.29, 1.82) is 5.41 Å². The highest BCUT2D eigenvalue weighted by Crippen LogP contribution is 1.40. The molecule has 0 aromatic heterocycles. The summed E-state index contributed by atoms with van der Waals surface area (Å²) in [5.74, 6) is 0. The molecule has 5 heavy (non-hydrogen) atoms. The van der Waals surface area contributed by atoms with Crippen LogP contribution in [0.1, 0.15) is 0 Å². The predicted molar refractivity (Wildman–Crippen MR) is 20.9 cm³/mol. The zero-order chi connectivity index (χ0) is 4.28. The van der Waals surface area contributed by atoms with Crippen LogP contribution in [0.5, 0.6) is 0 Å². The van der Waals surface area contributed by atoms with Gasteiger partial charge in [-0.25, -0.2) is 0 Å². The van der Waals surface area contributed by atoms with Crippen LogP contribution in [0.3, 0.4) is 0 Å². The number of nitrogens with one attached hydrogen (secondary N) is 1. The first-order valence-corrected chi connectivity index (χ1v) is 1.29. The molecule has 0 saturated heterocycles. The van der Waals surface area contributed by atoms with Gasteiger partial charge in [0.1, 0.15) is 0 Å². The molecule has 30 valence electrons. The molecular formula is C2H7N3. The number of rotatable bonds is 1. The van der Waals surface area contributed by atoms with Gasteiger partial charge in [-0.05, 0) is 0 Å². The van der Waals surface area contributed by atoms with Gasteiger partial charge in [0.2, 0.25) is 0 Å². The summed E-state index contributed by atoms with van der Waals surface area (Å²) < 4.78 is 0. The Morgan fingerprint density at radius 1 is 1.60 bits per heavy atom. The lowest BCUT2D eigenvalue weighted by Gasteiger charge is -1.85. The van der Waals surface area contributed by atoms with E-state index in [0.717, 1.165) is 6.21 Å². The van der Waals surface area contributed by atoms with Crippen LogP contribution >= 0.6 is 0 Å². The Morgan fingerprint density at radius 3 is 1.80 bits per heavy atom. The number of nitrogens with two attached hydrogens (primary N) is 2. The van der Waals surface area contributed by atoms with Crippen molar-refractivity contribution in [1.82, 2.24) is 0 Å². The average molecular weight is 73.1 g/mol. The molecule has 0 heterocycles. The minimum absolute atomic E-state index is 0.574. The van der Waals surface area contributed by atoms with E-state index >= 15 is 0 Å². The minimum Gasteiger partial charge on any atom is -0.312 e. The van der Waals surface area contributed by atoms with E-state index in [-0.39, 0.29) is 0 Å². The summed E-state index contributed by atoms with van der Waals surface area (Å²) in [5.41, 5.74) is 9.65. The van der Waals surface area contributed by atoms with Gasteiger partial charge in [-0.1, -0.05) is 0 Å². The molecule has 0 aliphatic carbocycles. The van der Waals surface area contributed by atoms with Gasteiger partial charge in [-0.15, -0.1) is 0 Å². The van der Waals surface area contributed by atoms with E-state index in [9.17, 15) is 0 Å². The maximum atomic E-state index is 6.28. The zero-order valence-electron chi connectivity index (χ0n) is 2.81. The first kappa shape index (κ1) is 4.59. The molecular weight excluding hydrogens is 66.0 g/mol. The van der Waals surface area contributed by atoms with Crippen LogP contribution in [0, 0.1) is 5.41 Å². The Labute approximate surface area is 30.5 Å². The van der Waals surface area contributed by atoms with Crippen LogP contribution in [0.25, 0.3) is 0 Å². The van der Waals surface area contributed by atoms with Crippen molar-refractivity contribution < 1.29 is 0 Å². The van der Waals surface area contributed by atoms with Crippen molar-refractivity contribution in [3.8, 4) is 0 Å². The lowest BCUT2D eigenvalue weighted by Crippen LogP contribution is -2.31. The van der Waals surface area contributed by atoms with Crippen molar-refractivity contribution in [2.75, 3.05) is 0 Å². The third kappa shape index (κ3) is 3.59. The topological polar surface area (TPSA) is 75.9 Å². The summed E-state index contributed by atoms with van der Waals surface area (Å²) >= 11 is 0. The smallest absolute Gasteiger partial charge is 0.0882 e. The van der Waals surface area contributed by atoms with Crippen LogP contribution in [-0.2, 0) is 0 Å². The molecule has 0 atom stereocenters. The van der Waals surface area contributed by atoms with Crippen LogP contribution in [0.2, 0.25) is 0 Å². The molecule has 0 aliphatic heterocycles. The van der Waals surface area contributed by atoms with Gasteiger partial charge in [-0.2, -0.15) is 0 Å². The molecule has 3 nitrogen and oxygen atoms in total. The third-order valence-electron chi connectivity index (χ3n) is 0.192. The fraction of sp³-hybridized carbons (Fsp3) is 0.500. The van der Waals surface area contributed by atoms with E-state index in [4.69, 9.17) is 16.9 Å². The summed E-state index contributed by atoms with van der Waals surface area (Å²) in [5, 5.41) is 6.28. The maximum absolute atomic E-state index is 6.28. The molecule has 0 fully saturated rings. The van der Waals surface area contributed by atoms with Crippen LogP contribution in [-0.4, -0.2) is 12.4 Å². The molecule has 0 amide bonds. The SMILES string of the molecule is N=CC(N)N. The van der Waals surface area contributed by atoms with E-state index < -0.39 is 6.17 Å². The van der Waals surface area contributed by atoms with E-state index in [2.05, 4.69) is 0 Å². The fourth-order valence-corrected chi connectivity index (χ4v) is 0. The molecule has 0 unspecified atom stereocenters. The standard InChI is InChI=1S/C2H7N3/c3-1-2(4)5/h1-3H,4-5H2. The monoisotopic (exact) mass is 73.1 g/mol. The highest BCUT2D eigenvalue weighted by Gasteiger charge is 1.74. The van der Waals surface area contributed by atoms with Gasteiger partial charge < -0.3 is 16.9 Å². The second-order valence-electron chi connectivity index (χ2n) is 0.744. The maximum Gasteiger partial charge on any atom is 0.0882 e. The molecule has 0 aromatic carbocycles. The van der Waals surface area contributed by atoms with Crippen molar-refractivity contribution in [3.63, 3.8) is 0 Å². The molecule has 0 aromatic rings. The zero-order valence-corrected chi connectivity index (χ0v) is 2.81. The quantitative estimate of drug-likeness (QED) is 0.271. The number of hydrogen-bond acceptors (Lipinski definition) is 3. The Bertz CT molecular complexity index is 31.9. The first-order valence-electron chi connectivity index (χ1n) is 1.29. The molecule has 5 N–H and O–H groups in total. The van der Waals surface area contributed by atoms with E-state index in [1.165, 1.54) is 0 Å². The van der Waals surface area contributed by atoms with Crippen molar-refractivity contribution in [2.24, 2.45) is 11.5 Å². The van der Waals surface area contributed by atoms with E-state index in [1.807, 2.05) is 0 Å². The largest absolute Gasteiger partial charge is 0.312 e. The van der Waals surface area contributed by atoms with Gasteiger partial charge in [0.15, 0.2) is 0 Å². The molecule has 3 heteroatoms. The Balaban J connectivity index is 2.83. The molecule has 0 radical (unpaired) electrons. The second kappa shape index (κ2) is 1.87. The average Bonchev–Trinajstić information content (AvgIpc) is 1.38. The molecule has 0 spiro atoms. The predicted octanol–water partition coefficient (Wildman–Crippen LogP) is -1.12. The molecule has 0 rings (SSSR count). The summed E-state index contributed by atoms with van der Waals surface area (Å²) in [4.78, 5) is 0. The lowest BCUT2D eigenvalue weighted by atomic mass is 10.6. The van der Waals surface area contributed by atoms with Gasteiger partial charge in [-0.3, -0.25) is 0 Å². The minimum atomic E-state index is -0.574. The summed E-state index contributed by atoms with van der Waals surface area (Å²) in [6.45, 7) is 0. The number of hydrogen-bond donors (Lipinski definition) is 3. The lowest BCUT2D eigenvalue weighted by molar-refractivity contribution is 0.936. The van der Waals surface area contributed by atoms with Crippen molar-refractivity contribution in [2.45, 2.75) is 6.17 Å². The molecule has 0 bridgehead atoms. The highest BCUT2D eigenvalue weighted by molar-refractivity contribution is 5.58. The highest BCUT2D eigenvalue weighted by atomic mass is 14.8. The van der Waals surface area contributed by atoms with Gasteiger partial charge >= 0.3 is 0 Å². The first-order chi connectivity index (χ1) is 2.27. The van der Waals surface area contributed by atoms with E-state index in [1.54, 1.807) is 0 Å². The van der Waals surface area contributed by atoms with Crippen LogP contribution in [0.4, 0.5) is 0 Å². The van der Waals surface area contributed by atoms with Gasteiger partial charge in [0, 0.05) is 6.21 Å². The molecule has 0 saturated carbocycles. The van der Waals surface area contributed by atoms with E-state index in [0.29, 0.717) is 0 Å². The molecule has 0 aliphatic rings. The van der Waals surface area contributed by atoms with Crippen LogP contribution < -0.4 is 11.5 Å². The Morgan fingerprint density at radius 2 is 1.80 bits per heavy atom. The Hall–Kier alpha value is -0.410. The normalized spacial score (nSPS) is 8.60. The fourth-order valence-electron chi connectivity index (χ4n) is 0. The van der Waals surface area contributed by atoms with Gasteiger partial charge in [0.25, 0.3) is 0 Å². The van der Waals surface area contributed by atoms with Crippen LogP contribution in [0.15, 0.2) is 0 Å².